The van der Waals surface area contributed by atoms with Crippen LogP contribution in [0.1, 0.15) is 4.88 Å². The highest BCUT2D eigenvalue weighted by Crippen LogP contribution is 2.36. The SMILES string of the molecule is Cc1cc(Br)c(-c2cc(N)no2)s1. The van der Waals surface area contributed by atoms with Crippen molar-refractivity contribution in [3.8, 4) is 10.6 Å². The summed E-state index contributed by atoms with van der Waals surface area (Å²) in [6, 6.07) is 3.76. The summed E-state index contributed by atoms with van der Waals surface area (Å²) in [7, 11) is 0. The maximum Gasteiger partial charge on any atom is 0.180 e. The molecule has 3 nitrogen and oxygen atoms in total. The van der Waals surface area contributed by atoms with Crippen molar-refractivity contribution in [2.45, 2.75) is 6.92 Å². The minimum atomic E-state index is 0.410. The highest BCUT2D eigenvalue weighted by atomic mass is 79.9. The number of nitrogens with zero attached hydrogens (tertiary/aromatic N) is 1. The predicted octanol–water partition coefficient (Wildman–Crippen LogP) is 3.06. The number of thiophene rings is 1. The molecule has 0 amide bonds. The van der Waals surface area contributed by atoms with E-state index >= 15 is 0 Å². The second-order valence-corrected chi connectivity index (χ2v) is 4.76. The van der Waals surface area contributed by atoms with Crippen molar-refractivity contribution < 1.29 is 4.52 Å². The second kappa shape index (κ2) is 3.16. The van der Waals surface area contributed by atoms with Gasteiger partial charge in [-0.3, -0.25) is 0 Å². The Kier molecular flexibility index (Phi) is 2.13. The summed E-state index contributed by atoms with van der Waals surface area (Å²) in [6.45, 7) is 2.04. The van der Waals surface area contributed by atoms with Crippen LogP contribution in [0.2, 0.25) is 0 Å². The molecule has 0 aliphatic heterocycles. The van der Waals surface area contributed by atoms with Crippen LogP contribution in [0.25, 0.3) is 10.6 Å². The van der Waals surface area contributed by atoms with Gasteiger partial charge in [-0.25, -0.2) is 0 Å². The second-order valence-electron chi connectivity index (χ2n) is 2.65. The zero-order valence-electron chi connectivity index (χ0n) is 6.87. The van der Waals surface area contributed by atoms with Crippen LogP contribution in [0.15, 0.2) is 21.1 Å². The number of anilines is 1. The molecular formula is C8H7BrN2OS. The van der Waals surface area contributed by atoms with Crippen LogP contribution in [0, 0.1) is 6.92 Å². The van der Waals surface area contributed by atoms with E-state index in [4.69, 9.17) is 10.3 Å². The Bertz CT molecular complexity index is 435. The number of halogens is 1. The first-order chi connectivity index (χ1) is 6.16. The summed E-state index contributed by atoms with van der Waals surface area (Å²) in [5.74, 6) is 1.12. The number of aromatic nitrogens is 1. The van der Waals surface area contributed by atoms with Gasteiger partial charge >= 0.3 is 0 Å². The Hall–Kier alpha value is -0.810. The minimum absolute atomic E-state index is 0.410. The molecule has 0 aromatic carbocycles. The largest absolute Gasteiger partial charge is 0.381 e. The van der Waals surface area contributed by atoms with Gasteiger partial charge in [-0.05, 0) is 28.9 Å². The highest BCUT2D eigenvalue weighted by molar-refractivity contribution is 9.10. The quantitative estimate of drug-likeness (QED) is 0.856. The van der Waals surface area contributed by atoms with Crippen molar-refractivity contribution in [2.24, 2.45) is 0 Å². The fourth-order valence-corrected chi connectivity index (χ4v) is 2.83. The normalized spacial score (nSPS) is 10.6. The van der Waals surface area contributed by atoms with Gasteiger partial charge < -0.3 is 10.3 Å². The number of hydrogen-bond acceptors (Lipinski definition) is 4. The van der Waals surface area contributed by atoms with Crippen LogP contribution in [0.3, 0.4) is 0 Å². The molecule has 0 spiro atoms. The minimum Gasteiger partial charge on any atom is -0.381 e. The smallest absolute Gasteiger partial charge is 0.180 e. The molecule has 0 radical (unpaired) electrons. The van der Waals surface area contributed by atoms with Crippen molar-refractivity contribution >= 4 is 33.1 Å². The predicted molar refractivity (Wildman–Crippen MR) is 56.7 cm³/mol. The molecule has 2 heterocycles. The van der Waals surface area contributed by atoms with Gasteiger partial charge in [0.2, 0.25) is 0 Å². The van der Waals surface area contributed by atoms with E-state index in [0.717, 1.165) is 9.35 Å². The van der Waals surface area contributed by atoms with Crippen molar-refractivity contribution in [3.63, 3.8) is 0 Å². The van der Waals surface area contributed by atoms with Crippen LogP contribution in [0.5, 0.6) is 0 Å². The van der Waals surface area contributed by atoms with Crippen molar-refractivity contribution in [3.05, 3.63) is 21.5 Å². The van der Waals surface area contributed by atoms with E-state index in [1.165, 1.54) is 4.88 Å². The molecule has 0 atom stereocenters. The molecule has 0 saturated heterocycles. The Morgan fingerprint density at radius 2 is 2.31 bits per heavy atom. The summed E-state index contributed by atoms with van der Waals surface area (Å²) >= 11 is 5.09. The molecule has 68 valence electrons. The molecule has 0 fully saturated rings. The van der Waals surface area contributed by atoms with Gasteiger partial charge in [0.15, 0.2) is 11.6 Å². The zero-order valence-corrected chi connectivity index (χ0v) is 9.28. The maximum absolute atomic E-state index is 5.46. The van der Waals surface area contributed by atoms with E-state index in [0.29, 0.717) is 11.6 Å². The molecule has 2 N–H and O–H groups in total. The van der Waals surface area contributed by atoms with Gasteiger partial charge in [0.25, 0.3) is 0 Å². The summed E-state index contributed by atoms with van der Waals surface area (Å²) in [5.41, 5.74) is 5.46. The number of aryl methyl sites for hydroxylation is 1. The van der Waals surface area contributed by atoms with Crippen molar-refractivity contribution in [1.82, 2.24) is 5.16 Å². The lowest BCUT2D eigenvalue weighted by atomic mass is 10.3. The van der Waals surface area contributed by atoms with Gasteiger partial charge in [-0.1, -0.05) is 5.16 Å². The van der Waals surface area contributed by atoms with E-state index in [-0.39, 0.29) is 0 Å². The van der Waals surface area contributed by atoms with E-state index < -0.39 is 0 Å². The summed E-state index contributed by atoms with van der Waals surface area (Å²) < 4.78 is 6.07. The van der Waals surface area contributed by atoms with Gasteiger partial charge in [0, 0.05) is 15.4 Å². The Morgan fingerprint density at radius 1 is 1.54 bits per heavy atom. The summed E-state index contributed by atoms with van der Waals surface area (Å²) in [4.78, 5) is 2.25. The average Bonchev–Trinajstić information content (AvgIpc) is 2.58. The lowest BCUT2D eigenvalue weighted by Crippen LogP contribution is -1.79. The zero-order chi connectivity index (χ0) is 9.42. The van der Waals surface area contributed by atoms with Gasteiger partial charge in [-0.2, -0.15) is 0 Å². The monoisotopic (exact) mass is 258 g/mol. The van der Waals surface area contributed by atoms with Gasteiger partial charge in [0.1, 0.15) is 0 Å². The van der Waals surface area contributed by atoms with Crippen LogP contribution in [0.4, 0.5) is 5.82 Å². The molecule has 2 aromatic rings. The molecule has 5 heteroatoms. The third-order valence-corrected chi connectivity index (χ3v) is 3.52. The molecule has 13 heavy (non-hydrogen) atoms. The van der Waals surface area contributed by atoms with Crippen molar-refractivity contribution in [1.29, 1.82) is 0 Å². The summed E-state index contributed by atoms with van der Waals surface area (Å²) in [6.07, 6.45) is 0. The lowest BCUT2D eigenvalue weighted by Gasteiger charge is -1.87. The Labute approximate surface area is 87.7 Å². The first kappa shape index (κ1) is 8.77. The molecule has 0 saturated carbocycles. The Balaban J connectivity index is 2.51. The topological polar surface area (TPSA) is 52.0 Å². The fourth-order valence-electron chi connectivity index (χ4n) is 1.05. The van der Waals surface area contributed by atoms with E-state index in [9.17, 15) is 0 Å². The highest BCUT2D eigenvalue weighted by Gasteiger charge is 2.11. The molecule has 0 bridgehead atoms. The molecular weight excluding hydrogens is 252 g/mol. The average molecular weight is 259 g/mol. The molecule has 0 aliphatic rings. The molecule has 2 rings (SSSR count). The lowest BCUT2D eigenvalue weighted by molar-refractivity contribution is 0.436. The first-order valence-electron chi connectivity index (χ1n) is 3.65. The molecule has 0 unspecified atom stereocenters. The third kappa shape index (κ3) is 1.62. The number of nitrogens with two attached hydrogens (primary N) is 1. The van der Waals surface area contributed by atoms with Crippen LogP contribution < -0.4 is 5.73 Å². The fraction of sp³-hybridized carbons (Fsp3) is 0.125. The van der Waals surface area contributed by atoms with Gasteiger partial charge in [-0.15, -0.1) is 11.3 Å². The Morgan fingerprint density at radius 3 is 2.77 bits per heavy atom. The third-order valence-electron chi connectivity index (χ3n) is 1.56. The number of nitrogen functional groups attached to an aromatic ring is 1. The number of hydrogen-bond donors (Lipinski definition) is 1. The first-order valence-corrected chi connectivity index (χ1v) is 5.26. The van der Waals surface area contributed by atoms with Crippen molar-refractivity contribution in [2.75, 3.05) is 5.73 Å². The van der Waals surface area contributed by atoms with E-state index in [1.807, 2.05) is 13.0 Å². The maximum atomic E-state index is 5.46. The van der Waals surface area contributed by atoms with Crippen LogP contribution >= 0.6 is 27.3 Å². The summed E-state index contributed by atoms with van der Waals surface area (Å²) in [5, 5.41) is 3.63. The molecule has 0 aliphatic carbocycles. The van der Waals surface area contributed by atoms with Crippen LogP contribution in [-0.2, 0) is 0 Å². The molecule has 2 aromatic heterocycles. The van der Waals surface area contributed by atoms with E-state index in [2.05, 4.69) is 21.1 Å². The van der Waals surface area contributed by atoms with E-state index in [1.54, 1.807) is 17.4 Å². The van der Waals surface area contributed by atoms with Gasteiger partial charge in [0.05, 0.1) is 4.88 Å². The number of rotatable bonds is 1. The van der Waals surface area contributed by atoms with Crippen LogP contribution in [-0.4, -0.2) is 5.16 Å². The standard InChI is InChI=1S/C8H7BrN2OS/c1-4-2-5(9)8(13-4)6-3-7(10)11-12-6/h2-3H,1H3,(H2,10,11).